The molecule has 0 radical (unpaired) electrons. The van der Waals surface area contributed by atoms with Crippen molar-refractivity contribution in [2.24, 2.45) is 0 Å². The second-order valence-electron chi connectivity index (χ2n) is 6.86. The lowest BCUT2D eigenvalue weighted by atomic mass is 10.1. The highest BCUT2D eigenvalue weighted by Crippen LogP contribution is 2.10. The molecule has 0 saturated heterocycles. The SMILES string of the molecule is CCCCCCCCC=CCCCCCCCCC=CC#CC#CCO. The molecule has 0 aromatic heterocycles. The van der Waals surface area contributed by atoms with E-state index >= 15 is 0 Å². The third-order valence-electron chi connectivity index (χ3n) is 4.39. The quantitative estimate of drug-likeness (QED) is 0.180. The van der Waals surface area contributed by atoms with Gasteiger partial charge in [-0.05, 0) is 56.4 Å². The summed E-state index contributed by atoms with van der Waals surface area (Å²) < 4.78 is 0. The predicted octanol–water partition coefficient (Wildman–Crippen LogP) is 6.97. The van der Waals surface area contributed by atoms with Gasteiger partial charge in [-0.2, -0.15) is 0 Å². The first-order valence-corrected chi connectivity index (χ1v) is 10.8. The number of allylic oxidation sites excluding steroid dienone is 4. The van der Waals surface area contributed by atoms with Crippen LogP contribution in [0.25, 0.3) is 0 Å². The third-order valence-corrected chi connectivity index (χ3v) is 4.39. The van der Waals surface area contributed by atoms with E-state index in [1.807, 2.05) is 6.08 Å². The summed E-state index contributed by atoms with van der Waals surface area (Å²) in [5.41, 5.74) is 0. The lowest BCUT2D eigenvalue weighted by Gasteiger charge is -1.99. The van der Waals surface area contributed by atoms with Gasteiger partial charge in [0.1, 0.15) is 6.61 Å². The maximum absolute atomic E-state index is 8.47. The fourth-order valence-electron chi connectivity index (χ4n) is 2.81. The van der Waals surface area contributed by atoms with Gasteiger partial charge >= 0.3 is 0 Å². The summed E-state index contributed by atoms with van der Waals surface area (Å²) in [5.74, 6) is 10.6. The molecule has 1 heteroatoms. The van der Waals surface area contributed by atoms with Crippen molar-refractivity contribution in [3.05, 3.63) is 24.3 Å². The minimum atomic E-state index is -0.117. The zero-order valence-corrected chi connectivity index (χ0v) is 17.1. The minimum absolute atomic E-state index is 0.117. The van der Waals surface area contributed by atoms with E-state index in [1.54, 1.807) is 0 Å². The van der Waals surface area contributed by atoms with E-state index in [2.05, 4.69) is 48.8 Å². The number of aliphatic hydroxyl groups excluding tert-OH is 1. The van der Waals surface area contributed by atoms with Crippen molar-refractivity contribution in [1.29, 1.82) is 0 Å². The Kier molecular flexibility index (Phi) is 22.3. The second-order valence-corrected chi connectivity index (χ2v) is 6.86. The van der Waals surface area contributed by atoms with Crippen LogP contribution in [-0.4, -0.2) is 11.7 Å². The molecule has 0 fully saturated rings. The van der Waals surface area contributed by atoms with Crippen LogP contribution in [0.5, 0.6) is 0 Å². The average Bonchev–Trinajstić information content (AvgIpc) is 2.66. The highest BCUT2D eigenvalue weighted by atomic mass is 16.2. The summed E-state index contributed by atoms with van der Waals surface area (Å²) in [4.78, 5) is 0. The van der Waals surface area contributed by atoms with Crippen LogP contribution in [0, 0.1) is 23.7 Å². The first-order valence-electron chi connectivity index (χ1n) is 10.8. The third kappa shape index (κ3) is 22.6. The molecule has 0 heterocycles. The zero-order chi connectivity index (χ0) is 19.0. The van der Waals surface area contributed by atoms with Gasteiger partial charge in [0.2, 0.25) is 0 Å². The number of rotatable bonds is 16. The lowest BCUT2D eigenvalue weighted by molar-refractivity contribution is 0.350. The fraction of sp³-hybridized carbons (Fsp3) is 0.680. The molecule has 0 aliphatic carbocycles. The Morgan fingerprint density at radius 2 is 1.12 bits per heavy atom. The molecule has 0 aromatic carbocycles. The van der Waals surface area contributed by atoms with Crippen molar-refractivity contribution in [3.8, 4) is 23.7 Å². The molecule has 0 saturated carbocycles. The zero-order valence-electron chi connectivity index (χ0n) is 17.1. The van der Waals surface area contributed by atoms with Gasteiger partial charge in [-0.25, -0.2) is 0 Å². The van der Waals surface area contributed by atoms with Crippen LogP contribution in [0.3, 0.4) is 0 Å². The van der Waals surface area contributed by atoms with Crippen molar-refractivity contribution < 1.29 is 5.11 Å². The largest absolute Gasteiger partial charge is 0.384 e. The van der Waals surface area contributed by atoms with Crippen LogP contribution in [0.2, 0.25) is 0 Å². The van der Waals surface area contributed by atoms with Gasteiger partial charge in [-0.1, -0.05) is 94.8 Å². The summed E-state index contributed by atoms with van der Waals surface area (Å²) in [5, 5.41) is 8.47. The van der Waals surface area contributed by atoms with Gasteiger partial charge in [0.15, 0.2) is 0 Å². The topological polar surface area (TPSA) is 20.2 Å². The highest BCUT2D eigenvalue weighted by molar-refractivity contribution is 5.30. The molecule has 26 heavy (non-hydrogen) atoms. The van der Waals surface area contributed by atoms with Gasteiger partial charge in [-0.15, -0.1) is 0 Å². The van der Waals surface area contributed by atoms with Gasteiger partial charge < -0.3 is 5.11 Å². The summed E-state index contributed by atoms with van der Waals surface area (Å²) in [6.07, 6.45) is 28.8. The molecule has 146 valence electrons. The summed E-state index contributed by atoms with van der Waals surface area (Å²) in [6.45, 7) is 2.16. The number of unbranched alkanes of at least 4 members (excludes halogenated alkanes) is 13. The van der Waals surface area contributed by atoms with Crippen LogP contribution in [0.1, 0.15) is 103 Å². The molecule has 0 unspecified atom stereocenters. The van der Waals surface area contributed by atoms with Gasteiger partial charge in [0, 0.05) is 0 Å². The lowest BCUT2D eigenvalue weighted by Crippen LogP contribution is -1.80. The van der Waals surface area contributed by atoms with E-state index in [1.165, 1.54) is 89.9 Å². The first kappa shape index (κ1) is 24.6. The molecule has 0 aliphatic rings. The number of hydrogen-bond donors (Lipinski definition) is 1. The van der Waals surface area contributed by atoms with E-state index in [9.17, 15) is 0 Å². The molecular formula is C25H40O. The molecule has 1 nitrogen and oxygen atoms in total. The molecule has 1 N–H and O–H groups in total. The molecule has 0 atom stereocenters. The Labute approximate surface area is 163 Å². The van der Waals surface area contributed by atoms with Crippen molar-refractivity contribution >= 4 is 0 Å². The van der Waals surface area contributed by atoms with E-state index < -0.39 is 0 Å². The van der Waals surface area contributed by atoms with E-state index in [0.29, 0.717) is 0 Å². The summed E-state index contributed by atoms with van der Waals surface area (Å²) >= 11 is 0. The van der Waals surface area contributed by atoms with E-state index in [4.69, 9.17) is 5.11 Å². The summed E-state index contributed by atoms with van der Waals surface area (Å²) in [7, 11) is 0. The van der Waals surface area contributed by atoms with Crippen molar-refractivity contribution in [2.75, 3.05) is 6.61 Å². The summed E-state index contributed by atoms with van der Waals surface area (Å²) in [6, 6.07) is 0. The Bertz CT molecular complexity index is 450. The molecule has 0 rings (SSSR count). The average molecular weight is 357 g/mol. The predicted molar refractivity (Wildman–Crippen MR) is 116 cm³/mol. The van der Waals surface area contributed by atoms with Crippen LogP contribution < -0.4 is 0 Å². The van der Waals surface area contributed by atoms with Crippen molar-refractivity contribution in [2.45, 2.75) is 103 Å². The molecule has 0 aromatic rings. The van der Waals surface area contributed by atoms with Gasteiger partial charge in [0.05, 0.1) is 0 Å². The van der Waals surface area contributed by atoms with Crippen LogP contribution in [0.15, 0.2) is 24.3 Å². The molecule has 0 aliphatic heterocycles. The minimum Gasteiger partial charge on any atom is -0.384 e. The monoisotopic (exact) mass is 356 g/mol. The Hall–Kier alpha value is -1.44. The first-order chi connectivity index (χ1) is 12.9. The maximum atomic E-state index is 8.47. The van der Waals surface area contributed by atoms with Crippen LogP contribution in [-0.2, 0) is 0 Å². The Balaban J connectivity index is 3.22. The van der Waals surface area contributed by atoms with Crippen LogP contribution >= 0.6 is 0 Å². The van der Waals surface area contributed by atoms with Gasteiger partial charge in [0.25, 0.3) is 0 Å². The standard InChI is InChI=1S/C25H40O/c1-2-3-4-5-6-7-8-9-10-11-12-13-14-15-16-17-18-19-20-21-22-23-24-25-26/h9-10,19-20,26H,2-8,11-18,25H2,1H3. The van der Waals surface area contributed by atoms with E-state index in [-0.39, 0.29) is 6.61 Å². The maximum Gasteiger partial charge on any atom is 0.105 e. The fourth-order valence-corrected chi connectivity index (χ4v) is 2.81. The number of aliphatic hydroxyl groups is 1. The van der Waals surface area contributed by atoms with Gasteiger partial charge in [-0.3, -0.25) is 0 Å². The molecule has 0 spiro atoms. The smallest absolute Gasteiger partial charge is 0.105 e. The van der Waals surface area contributed by atoms with E-state index in [0.717, 1.165) is 6.42 Å². The molecule has 0 amide bonds. The van der Waals surface area contributed by atoms with Crippen LogP contribution in [0.4, 0.5) is 0 Å². The Morgan fingerprint density at radius 1 is 0.615 bits per heavy atom. The molecular weight excluding hydrogens is 316 g/mol. The van der Waals surface area contributed by atoms with Crippen molar-refractivity contribution in [1.82, 2.24) is 0 Å². The van der Waals surface area contributed by atoms with Crippen molar-refractivity contribution in [3.63, 3.8) is 0 Å². The molecule has 0 bridgehead atoms. The second kappa shape index (κ2) is 23.6. The number of hydrogen-bond acceptors (Lipinski definition) is 1. The highest BCUT2D eigenvalue weighted by Gasteiger charge is 1.91. The Morgan fingerprint density at radius 3 is 1.65 bits per heavy atom. The normalized spacial score (nSPS) is 10.7.